The summed E-state index contributed by atoms with van der Waals surface area (Å²) in [7, 11) is 0. The maximum atomic E-state index is 13.5. The number of rotatable bonds is 1. The van der Waals surface area contributed by atoms with Crippen LogP contribution in [0.25, 0.3) is 11.1 Å². The number of benzene rings is 2. The number of hydrogen-bond donors (Lipinski definition) is 1. The summed E-state index contributed by atoms with van der Waals surface area (Å²) < 4.78 is 13.5. The number of hydrogen-bond acceptors (Lipinski definition) is 2. The summed E-state index contributed by atoms with van der Waals surface area (Å²) in [6.45, 7) is 0. The fourth-order valence-electron chi connectivity index (χ4n) is 3.86. The Morgan fingerprint density at radius 3 is 2.52 bits per heavy atom. The zero-order valence-corrected chi connectivity index (χ0v) is 12.5. The van der Waals surface area contributed by atoms with E-state index in [0.29, 0.717) is 0 Å². The highest BCUT2D eigenvalue weighted by atomic mass is 19.1. The van der Waals surface area contributed by atoms with Gasteiger partial charge in [-0.1, -0.05) is 25.0 Å². The van der Waals surface area contributed by atoms with Gasteiger partial charge in [0.05, 0.1) is 11.0 Å². The summed E-state index contributed by atoms with van der Waals surface area (Å²) in [6, 6.07) is 12.2. The quantitative estimate of drug-likeness (QED) is 0.861. The van der Waals surface area contributed by atoms with Crippen LogP contribution >= 0.6 is 0 Å². The van der Waals surface area contributed by atoms with Crippen molar-refractivity contribution >= 4 is 11.6 Å². The van der Waals surface area contributed by atoms with Gasteiger partial charge in [0.1, 0.15) is 11.9 Å². The highest BCUT2D eigenvalue weighted by Crippen LogP contribution is 2.49. The highest BCUT2D eigenvalue weighted by Gasteiger charge is 2.48. The van der Waals surface area contributed by atoms with Gasteiger partial charge in [0.15, 0.2) is 0 Å². The molecular formula is C19H15FN2O. The molecule has 1 heterocycles. The van der Waals surface area contributed by atoms with E-state index in [0.717, 1.165) is 48.1 Å². The van der Waals surface area contributed by atoms with Crippen LogP contribution in [-0.4, -0.2) is 5.91 Å². The predicted molar refractivity (Wildman–Crippen MR) is 85.3 cm³/mol. The molecule has 2 aromatic carbocycles. The van der Waals surface area contributed by atoms with Gasteiger partial charge in [0.2, 0.25) is 5.91 Å². The fourth-order valence-corrected chi connectivity index (χ4v) is 3.86. The minimum Gasteiger partial charge on any atom is -0.325 e. The number of nitrogens with one attached hydrogen (secondary N) is 1. The van der Waals surface area contributed by atoms with Gasteiger partial charge < -0.3 is 5.32 Å². The number of halogens is 1. The molecule has 1 aliphatic carbocycles. The summed E-state index contributed by atoms with van der Waals surface area (Å²) in [4.78, 5) is 12.4. The van der Waals surface area contributed by atoms with Crippen LogP contribution in [-0.2, 0) is 10.2 Å². The SMILES string of the molecule is N#Cc1cc(-c2ccc3c(c2)C2(CCCC2)C(=O)N3)ccc1F. The fraction of sp³-hybridized carbons (Fsp3) is 0.263. The van der Waals surface area contributed by atoms with Gasteiger partial charge >= 0.3 is 0 Å². The largest absolute Gasteiger partial charge is 0.325 e. The maximum absolute atomic E-state index is 13.5. The van der Waals surface area contributed by atoms with Crippen LogP contribution in [0.5, 0.6) is 0 Å². The minimum atomic E-state index is -0.512. The molecule has 0 radical (unpaired) electrons. The van der Waals surface area contributed by atoms with Crippen molar-refractivity contribution in [2.24, 2.45) is 0 Å². The summed E-state index contributed by atoms with van der Waals surface area (Å²) in [5.41, 5.74) is 3.25. The lowest BCUT2D eigenvalue weighted by molar-refractivity contribution is -0.120. The molecule has 0 bridgehead atoms. The second kappa shape index (κ2) is 4.92. The third-order valence-corrected chi connectivity index (χ3v) is 5.10. The van der Waals surface area contributed by atoms with Crippen molar-refractivity contribution in [1.82, 2.24) is 0 Å². The smallest absolute Gasteiger partial charge is 0.235 e. The summed E-state index contributed by atoms with van der Waals surface area (Å²) in [5.74, 6) is -0.416. The molecule has 4 heteroatoms. The van der Waals surface area contributed by atoms with Crippen LogP contribution < -0.4 is 5.32 Å². The van der Waals surface area contributed by atoms with Crippen LogP contribution in [0, 0.1) is 17.1 Å². The molecule has 3 nitrogen and oxygen atoms in total. The van der Waals surface area contributed by atoms with Crippen LogP contribution in [0.1, 0.15) is 36.8 Å². The third-order valence-electron chi connectivity index (χ3n) is 5.10. The molecule has 1 N–H and O–H groups in total. The van der Waals surface area contributed by atoms with E-state index in [9.17, 15) is 9.18 Å². The van der Waals surface area contributed by atoms with Gasteiger partial charge in [-0.2, -0.15) is 5.26 Å². The molecular weight excluding hydrogens is 291 g/mol. The number of nitriles is 1. The molecule has 2 aliphatic rings. The maximum Gasteiger partial charge on any atom is 0.235 e. The number of carbonyl (C=O) groups is 1. The van der Waals surface area contributed by atoms with E-state index in [1.54, 1.807) is 12.1 Å². The molecule has 0 atom stereocenters. The Balaban J connectivity index is 1.84. The third kappa shape index (κ3) is 1.97. The van der Waals surface area contributed by atoms with Crippen molar-refractivity contribution in [3.63, 3.8) is 0 Å². The molecule has 1 aliphatic heterocycles. The van der Waals surface area contributed by atoms with E-state index >= 15 is 0 Å². The number of fused-ring (bicyclic) bond motifs is 2. The van der Waals surface area contributed by atoms with Crippen molar-refractivity contribution in [2.75, 3.05) is 5.32 Å². The molecule has 1 saturated carbocycles. The number of carbonyl (C=O) groups excluding carboxylic acids is 1. The van der Waals surface area contributed by atoms with E-state index in [1.165, 1.54) is 6.07 Å². The normalized spacial score (nSPS) is 17.8. The molecule has 1 fully saturated rings. The Labute approximate surface area is 133 Å². The van der Waals surface area contributed by atoms with Crippen molar-refractivity contribution in [3.05, 3.63) is 53.3 Å². The predicted octanol–water partition coefficient (Wildman–Crippen LogP) is 4.13. The zero-order valence-electron chi connectivity index (χ0n) is 12.5. The van der Waals surface area contributed by atoms with Crippen molar-refractivity contribution in [2.45, 2.75) is 31.1 Å². The molecule has 0 saturated heterocycles. The molecule has 1 amide bonds. The minimum absolute atomic E-state index is 0.0350. The van der Waals surface area contributed by atoms with E-state index in [-0.39, 0.29) is 11.5 Å². The molecule has 114 valence electrons. The van der Waals surface area contributed by atoms with E-state index in [1.807, 2.05) is 24.3 Å². The average Bonchev–Trinajstić information content (AvgIpc) is 3.15. The molecule has 2 aromatic rings. The molecule has 0 unspecified atom stereocenters. The zero-order chi connectivity index (χ0) is 16.0. The second-order valence-electron chi connectivity index (χ2n) is 6.31. The number of nitrogens with zero attached hydrogens (tertiary/aromatic N) is 1. The van der Waals surface area contributed by atoms with Crippen molar-refractivity contribution in [1.29, 1.82) is 5.26 Å². The Bertz CT molecular complexity index is 860. The summed E-state index contributed by atoms with van der Waals surface area (Å²) in [5, 5.41) is 12.0. The van der Waals surface area contributed by atoms with Crippen LogP contribution in [0.2, 0.25) is 0 Å². The van der Waals surface area contributed by atoms with E-state index in [2.05, 4.69) is 5.32 Å². The molecule has 1 spiro atoms. The Morgan fingerprint density at radius 2 is 1.78 bits per heavy atom. The van der Waals surface area contributed by atoms with Crippen LogP contribution in [0.4, 0.5) is 10.1 Å². The monoisotopic (exact) mass is 306 g/mol. The first-order valence-corrected chi connectivity index (χ1v) is 7.80. The van der Waals surface area contributed by atoms with Crippen molar-refractivity contribution < 1.29 is 9.18 Å². The van der Waals surface area contributed by atoms with Gasteiger partial charge in [0.25, 0.3) is 0 Å². The average molecular weight is 306 g/mol. The van der Waals surface area contributed by atoms with Gasteiger partial charge in [0, 0.05) is 5.69 Å². The topological polar surface area (TPSA) is 52.9 Å². The lowest BCUT2D eigenvalue weighted by atomic mass is 9.79. The van der Waals surface area contributed by atoms with E-state index in [4.69, 9.17) is 5.26 Å². The van der Waals surface area contributed by atoms with Crippen LogP contribution in [0.3, 0.4) is 0 Å². The first-order valence-electron chi connectivity index (χ1n) is 7.80. The molecule has 23 heavy (non-hydrogen) atoms. The molecule has 4 rings (SSSR count). The van der Waals surface area contributed by atoms with Crippen LogP contribution in [0.15, 0.2) is 36.4 Å². The standard InChI is InChI=1S/C19H15FN2O/c20-16-5-3-12(9-14(16)11-21)13-4-6-17-15(10-13)19(18(23)22-17)7-1-2-8-19/h3-6,9-10H,1-2,7-8H2,(H,22,23). The first-order chi connectivity index (χ1) is 11.1. The lowest BCUT2D eigenvalue weighted by Gasteiger charge is -2.21. The number of amides is 1. The molecule has 0 aromatic heterocycles. The van der Waals surface area contributed by atoms with Gasteiger partial charge in [-0.05, 0) is 53.8 Å². The highest BCUT2D eigenvalue weighted by molar-refractivity contribution is 6.07. The van der Waals surface area contributed by atoms with Crippen molar-refractivity contribution in [3.8, 4) is 17.2 Å². The van der Waals surface area contributed by atoms with Gasteiger partial charge in [-0.15, -0.1) is 0 Å². The van der Waals surface area contributed by atoms with E-state index < -0.39 is 11.2 Å². The summed E-state index contributed by atoms with van der Waals surface area (Å²) in [6.07, 6.45) is 3.88. The Hall–Kier alpha value is -2.67. The Morgan fingerprint density at radius 1 is 1.09 bits per heavy atom. The van der Waals surface area contributed by atoms with Gasteiger partial charge in [-0.3, -0.25) is 4.79 Å². The summed E-state index contributed by atoms with van der Waals surface area (Å²) >= 11 is 0. The van der Waals surface area contributed by atoms with Gasteiger partial charge in [-0.25, -0.2) is 4.39 Å². The second-order valence-corrected chi connectivity index (χ2v) is 6.31. The Kier molecular flexibility index (Phi) is 2.99. The lowest BCUT2D eigenvalue weighted by Crippen LogP contribution is -2.30. The first kappa shape index (κ1) is 14.0. The number of anilines is 1.